The quantitative estimate of drug-likeness (QED) is 0.889. The van der Waals surface area contributed by atoms with E-state index in [1.807, 2.05) is 45.0 Å². The molecular formula is C15H20N2O2S2. The van der Waals surface area contributed by atoms with Gasteiger partial charge in [-0.05, 0) is 26.3 Å². The molecule has 0 atom stereocenters. The molecule has 4 nitrogen and oxygen atoms in total. The maximum Gasteiger partial charge on any atom is 0.215 e. The summed E-state index contributed by atoms with van der Waals surface area (Å²) < 4.78 is 26.7. The molecule has 1 heterocycles. The van der Waals surface area contributed by atoms with Gasteiger partial charge in [-0.15, -0.1) is 11.3 Å². The number of aryl methyl sites for hydroxylation is 3. The van der Waals surface area contributed by atoms with Crippen LogP contribution in [0, 0.1) is 20.8 Å². The van der Waals surface area contributed by atoms with Gasteiger partial charge in [0.25, 0.3) is 0 Å². The topological polar surface area (TPSA) is 59.1 Å². The number of hydrogen-bond acceptors (Lipinski definition) is 4. The van der Waals surface area contributed by atoms with Crippen molar-refractivity contribution in [2.24, 2.45) is 0 Å². The van der Waals surface area contributed by atoms with Gasteiger partial charge in [0.15, 0.2) is 0 Å². The van der Waals surface area contributed by atoms with Crippen LogP contribution in [0.4, 0.5) is 0 Å². The van der Waals surface area contributed by atoms with Gasteiger partial charge < -0.3 is 0 Å². The number of nitrogens with one attached hydrogen (secondary N) is 1. The van der Waals surface area contributed by atoms with Gasteiger partial charge in [-0.2, -0.15) is 0 Å². The van der Waals surface area contributed by atoms with Crippen LogP contribution < -0.4 is 4.72 Å². The first-order valence-corrected chi connectivity index (χ1v) is 9.28. The summed E-state index contributed by atoms with van der Waals surface area (Å²) >= 11 is 1.62. The molecule has 114 valence electrons. The first kappa shape index (κ1) is 16.1. The van der Waals surface area contributed by atoms with Gasteiger partial charge in [-0.1, -0.05) is 29.8 Å². The van der Waals surface area contributed by atoms with Gasteiger partial charge in [-0.25, -0.2) is 18.1 Å². The van der Waals surface area contributed by atoms with E-state index in [1.165, 1.54) is 4.88 Å². The standard InChI is InChI=1S/C15H20N2O2S2/c1-11-5-4-6-14(9-11)10-21(18,19)16-8-7-15-17-12(2)13(3)20-15/h4-6,9,16H,7-8,10H2,1-3H3. The molecule has 0 aliphatic rings. The van der Waals surface area contributed by atoms with E-state index >= 15 is 0 Å². The largest absolute Gasteiger partial charge is 0.246 e. The Labute approximate surface area is 130 Å². The Kier molecular flexibility index (Phi) is 5.13. The zero-order chi connectivity index (χ0) is 15.5. The predicted octanol–water partition coefficient (Wildman–Crippen LogP) is 2.73. The highest BCUT2D eigenvalue weighted by molar-refractivity contribution is 7.88. The molecule has 0 saturated carbocycles. The molecular weight excluding hydrogens is 304 g/mol. The van der Waals surface area contributed by atoms with Crippen LogP contribution in [-0.2, 0) is 22.2 Å². The minimum atomic E-state index is -3.30. The summed E-state index contributed by atoms with van der Waals surface area (Å²) in [5.74, 6) is 0.0185. The second-order valence-electron chi connectivity index (χ2n) is 5.14. The monoisotopic (exact) mass is 324 g/mol. The summed E-state index contributed by atoms with van der Waals surface area (Å²) in [6.07, 6.45) is 0.631. The lowest BCUT2D eigenvalue weighted by molar-refractivity contribution is 0.580. The molecule has 0 spiro atoms. The fraction of sp³-hybridized carbons (Fsp3) is 0.400. The van der Waals surface area contributed by atoms with Gasteiger partial charge in [-0.3, -0.25) is 0 Å². The van der Waals surface area contributed by atoms with Gasteiger partial charge in [0.1, 0.15) is 0 Å². The Hall–Kier alpha value is -1.24. The van der Waals surface area contributed by atoms with Crippen LogP contribution in [0.5, 0.6) is 0 Å². The molecule has 1 aromatic carbocycles. The fourth-order valence-electron chi connectivity index (χ4n) is 2.03. The molecule has 2 aromatic rings. The number of sulfonamides is 1. The molecule has 0 fully saturated rings. The number of nitrogens with zero attached hydrogens (tertiary/aromatic N) is 1. The van der Waals surface area contributed by atoms with Crippen molar-refractivity contribution in [1.82, 2.24) is 9.71 Å². The SMILES string of the molecule is Cc1cccc(CS(=O)(=O)NCCc2nc(C)c(C)s2)c1. The Morgan fingerprint density at radius 3 is 2.62 bits per heavy atom. The van der Waals surface area contributed by atoms with E-state index in [9.17, 15) is 8.42 Å². The summed E-state index contributed by atoms with van der Waals surface area (Å²) in [5, 5.41) is 0.975. The van der Waals surface area contributed by atoms with Crippen molar-refractivity contribution in [3.8, 4) is 0 Å². The Morgan fingerprint density at radius 2 is 2.00 bits per heavy atom. The third-order valence-electron chi connectivity index (χ3n) is 3.17. The van der Waals surface area contributed by atoms with Crippen LogP contribution in [0.1, 0.15) is 26.7 Å². The summed E-state index contributed by atoms with van der Waals surface area (Å²) in [4.78, 5) is 5.60. The van der Waals surface area contributed by atoms with E-state index in [2.05, 4.69) is 9.71 Å². The lowest BCUT2D eigenvalue weighted by atomic mass is 10.2. The molecule has 21 heavy (non-hydrogen) atoms. The highest BCUT2D eigenvalue weighted by atomic mass is 32.2. The second-order valence-corrected chi connectivity index (χ2v) is 8.24. The Morgan fingerprint density at radius 1 is 1.24 bits per heavy atom. The number of hydrogen-bond donors (Lipinski definition) is 1. The minimum Gasteiger partial charge on any atom is -0.246 e. The summed E-state index contributed by atoms with van der Waals surface area (Å²) in [7, 11) is -3.30. The number of rotatable bonds is 6. The van der Waals surface area contributed by atoms with E-state index in [0.29, 0.717) is 13.0 Å². The van der Waals surface area contributed by atoms with E-state index in [0.717, 1.165) is 21.8 Å². The highest BCUT2D eigenvalue weighted by Crippen LogP contribution is 2.16. The predicted molar refractivity (Wildman–Crippen MR) is 87.1 cm³/mol. The van der Waals surface area contributed by atoms with E-state index < -0.39 is 10.0 Å². The van der Waals surface area contributed by atoms with Crippen molar-refractivity contribution in [3.63, 3.8) is 0 Å². The second kappa shape index (κ2) is 6.68. The summed E-state index contributed by atoms with van der Waals surface area (Å²) in [6, 6.07) is 7.56. The number of aromatic nitrogens is 1. The van der Waals surface area contributed by atoms with E-state index in [4.69, 9.17) is 0 Å². The van der Waals surface area contributed by atoms with Crippen LogP contribution in [0.25, 0.3) is 0 Å². The van der Waals surface area contributed by atoms with Crippen LogP contribution in [0.2, 0.25) is 0 Å². The van der Waals surface area contributed by atoms with Crippen molar-refractivity contribution in [2.75, 3.05) is 6.54 Å². The molecule has 0 radical (unpaired) electrons. The van der Waals surface area contributed by atoms with E-state index in [1.54, 1.807) is 11.3 Å². The van der Waals surface area contributed by atoms with Gasteiger partial charge in [0, 0.05) is 17.8 Å². The van der Waals surface area contributed by atoms with Crippen LogP contribution in [-0.4, -0.2) is 19.9 Å². The molecule has 1 N–H and O–H groups in total. The van der Waals surface area contributed by atoms with Crippen LogP contribution in [0.3, 0.4) is 0 Å². The minimum absolute atomic E-state index is 0.0185. The average Bonchev–Trinajstić information content (AvgIpc) is 2.67. The molecule has 0 saturated heterocycles. The molecule has 0 amide bonds. The smallest absolute Gasteiger partial charge is 0.215 e. The van der Waals surface area contributed by atoms with Crippen molar-refractivity contribution in [1.29, 1.82) is 0 Å². The maximum absolute atomic E-state index is 12.0. The molecule has 2 rings (SSSR count). The van der Waals surface area contributed by atoms with Gasteiger partial charge in [0.2, 0.25) is 10.0 Å². The Bertz CT molecular complexity index is 702. The third-order valence-corrected chi connectivity index (χ3v) is 5.66. The third kappa shape index (κ3) is 4.91. The maximum atomic E-state index is 12.0. The Balaban J connectivity index is 1.89. The average molecular weight is 324 g/mol. The number of thiazole rings is 1. The van der Waals surface area contributed by atoms with E-state index in [-0.39, 0.29) is 5.75 Å². The molecule has 0 unspecified atom stereocenters. The normalized spacial score (nSPS) is 11.8. The lowest BCUT2D eigenvalue weighted by Gasteiger charge is -2.06. The summed E-state index contributed by atoms with van der Waals surface area (Å²) in [5.41, 5.74) is 2.90. The summed E-state index contributed by atoms with van der Waals surface area (Å²) in [6.45, 7) is 6.34. The van der Waals surface area contributed by atoms with Crippen LogP contribution >= 0.6 is 11.3 Å². The van der Waals surface area contributed by atoms with Crippen molar-refractivity contribution < 1.29 is 8.42 Å². The van der Waals surface area contributed by atoms with Crippen molar-refractivity contribution in [2.45, 2.75) is 32.9 Å². The number of benzene rings is 1. The van der Waals surface area contributed by atoms with Gasteiger partial charge in [0.05, 0.1) is 16.5 Å². The fourth-order valence-corrected chi connectivity index (χ4v) is 4.10. The first-order chi connectivity index (χ1) is 9.85. The van der Waals surface area contributed by atoms with Crippen molar-refractivity contribution >= 4 is 21.4 Å². The molecule has 0 bridgehead atoms. The lowest BCUT2D eigenvalue weighted by Crippen LogP contribution is -2.27. The first-order valence-electron chi connectivity index (χ1n) is 6.81. The van der Waals surface area contributed by atoms with Crippen molar-refractivity contribution in [3.05, 3.63) is 51.0 Å². The molecule has 1 aromatic heterocycles. The zero-order valence-electron chi connectivity index (χ0n) is 12.5. The molecule has 6 heteroatoms. The molecule has 0 aliphatic heterocycles. The molecule has 0 aliphatic carbocycles. The van der Waals surface area contributed by atoms with Crippen LogP contribution in [0.15, 0.2) is 24.3 Å². The van der Waals surface area contributed by atoms with Gasteiger partial charge >= 0.3 is 0 Å². The zero-order valence-corrected chi connectivity index (χ0v) is 14.1. The highest BCUT2D eigenvalue weighted by Gasteiger charge is 2.12.